The highest BCUT2D eigenvalue weighted by molar-refractivity contribution is 7.89. The second-order valence-electron chi connectivity index (χ2n) is 4.94. The highest BCUT2D eigenvalue weighted by Crippen LogP contribution is 2.27. The van der Waals surface area contributed by atoms with E-state index < -0.39 is 16.0 Å². The Morgan fingerprint density at radius 2 is 2.10 bits per heavy atom. The molecule has 1 aromatic rings. The Hall–Kier alpha value is -0.960. The number of thiophene rings is 1. The molecule has 6 nitrogen and oxygen atoms in total. The fourth-order valence-electron chi connectivity index (χ4n) is 1.64. The minimum Gasteiger partial charge on any atom is -0.465 e. The molecular weight excluding hydrogens is 314 g/mol. The summed E-state index contributed by atoms with van der Waals surface area (Å²) in [5.74, 6) is -0.254. The van der Waals surface area contributed by atoms with Gasteiger partial charge in [-0.25, -0.2) is 17.9 Å². The van der Waals surface area contributed by atoms with Crippen molar-refractivity contribution in [3.63, 3.8) is 0 Å². The van der Waals surface area contributed by atoms with Crippen LogP contribution in [0.4, 0.5) is 0 Å². The van der Waals surface area contributed by atoms with Gasteiger partial charge in [0.2, 0.25) is 10.0 Å². The van der Waals surface area contributed by atoms with Crippen LogP contribution in [0.25, 0.3) is 0 Å². The van der Waals surface area contributed by atoms with E-state index in [0.29, 0.717) is 18.1 Å². The number of carbonyl (C=O) groups excluding carboxylic acids is 1. The molecule has 0 aliphatic heterocycles. The second-order valence-corrected chi connectivity index (χ2v) is 7.52. The zero-order chi connectivity index (χ0) is 16.0. The van der Waals surface area contributed by atoms with Gasteiger partial charge >= 0.3 is 5.97 Å². The van der Waals surface area contributed by atoms with E-state index in [4.69, 9.17) is 4.74 Å². The van der Waals surface area contributed by atoms with Crippen LogP contribution in [0, 0.1) is 12.8 Å². The molecule has 1 aromatic heterocycles. The van der Waals surface area contributed by atoms with E-state index in [9.17, 15) is 13.2 Å². The van der Waals surface area contributed by atoms with Gasteiger partial charge in [-0.3, -0.25) is 0 Å². The minimum atomic E-state index is -3.75. The predicted molar refractivity (Wildman–Crippen MR) is 81.2 cm³/mol. The molecular formula is C13H21NO5S2. The topological polar surface area (TPSA) is 81.7 Å². The number of hydrogen-bond acceptors (Lipinski definition) is 6. The zero-order valence-electron chi connectivity index (χ0n) is 12.6. The maximum Gasteiger partial charge on any atom is 0.349 e. The molecule has 1 N–H and O–H groups in total. The summed E-state index contributed by atoms with van der Waals surface area (Å²) in [4.78, 5) is 11.7. The fraction of sp³-hybridized carbons (Fsp3) is 0.615. The van der Waals surface area contributed by atoms with E-state index in [1.54, 1.807) is 12.3 Å². The number of esters is 1. The first-order chi connectivity index (χ1) is 9.79. The van der Waals surface area contributed by atoms with Crippen LogP contribution in [0.3, 0.4) is 0 Å². The van der Waals surface area contributed by atoms with E-state index in [1.807, 2.05) is 13.8 Å². The summed E-state index contributed by atoms with van der Waals surface area (Å²) in [5.41, 5.74) is 0.524. The quantitative estimate of drug-likeness (QED) is 0.578. The average molecular weight is 335 g/mol. The van der Waals surface area contributed by atoms with Crippen LogP contribution in [0.5, 0.6) is 0 Å². The monoisotopic (exact) mass is 335 g/mol. The molecule has 1 heterocycles. The molecule has 0 radical (unpaired) electrons. The van der Waals surface area contributed by atoms with Crippen molar-refractivity contribution in [2.75, 3.05) is 26.9 Å². The van der Waals surface area contributed by atoms with Crippen LogP contribution in [-0.4, -0.2) is 41.3 Å². The lowest BCUT2D eigenvalue weighted by molar-refractivity contribution is 0.0602. The van der Waals surface area contributed by atoms with Gasteiger partial charge in [-0.05, 0) is 23.8 Å². The highest BCUT2D eigenvalue weighted by atomic mass is 32.2. The fourth-order valence-corrected chi connectivity index (χ4v) is 4.36. The summed E-state index contributed by atoms with van der Waals surface area (Å²) >= 11 is 1.06. The number of ether oxygens (including phenoxy) is 2. The van der Waals surface area contributed by atoms with Crippen LogP contribution in [-0.2, 0) is 19.5 Å². The summed E-state index contributed by atoms with van der Waals surface area (Å²) in [7, 11) is -2.53. The number of hydrogen-bond donors (Lipinski definition) is 1. The predicted octanol–water partition coefficient (Wildman–Crippen LogP) is 1.79. The molecule has 0 bridgehead atoms. The third-order valence-electron chi connectivity index (χ3n) is 2.55. The number of methoxy groups -OCH3 is 1. The van der Waals surface area contributed by atoms with Crippen LogP contribution in [0.15, 0.2) is 10.3 Å². The lowest BCUT2D eigenvalue weighted by atomic mass is 10.2. The van der Waals surface area contributed by atoms with Gasteiger partial charge in [0.05, 0.1) is 13.7 Å². The van der Waals surface area contributed by atoms with Crippen molar-refractivity contribution in [3.8, 4) is 0 Å². The summed E-state index contributed by atoms with van der Waals surface area (Å²) in [6, 6.07) is 0. The lowest BCUT2D eigenvalue weighted by Gasteiger charge is -2.10. The molecule has 8 heteroatoms. The SMILES string of the molecule is COC(=O)c1scc(C)c1S(=O)(=O)NCCOCC(C)C. The van der Waals surface area contributed by atoms with Crippen molar-refractivity contribution in [2.24, 2.45) is 5.92 Å². The van der Waals surface area contributed by atoms with E-state index in [2.05, 4.69) is 9.46 Å². The first-order valence-corrected chi connectivity index (χ1v) is 8.89. The summed E-state index contributed by atoms with van der Waals surface area (Å²) < 4.78 is 36.9. The molecule has 0 aliphatic carbocycles. The van der Waals surface area contributed by atoms with Gasteiger partial charge in [-0.1, -0.05) is 13.8 Å². The smallest absolute Gasteiger partial charge is 0.349 e. The van der Waals surface area contributed by atoms with Gasteiger partial charge < -0.3 is 9.47 Å². The van der Waals surface area contributed by atoms with Crippen LogP contribution < -0.4 is 4.72 Å². The van der Waals surface area contributed by atoms with Crippen molar-refractivity contribution in [1.82, 2.24) is 4.72 Å². The third kappa shape index (κ3) is 5.06. The normalized spacial score (nSPS) is 11.9. The van der Waals surface area contributed by atoms with Crippen molar-refractivity contribution >= 4 is 27.3 Å². The Kier molecular flexibility index (Phi) is 6.79. The van der Waals surface area contributed by atoms with Gasteiger partial charge in [-0.15, -0.1) is 11.3 Å². The van der Waals surface area contributed by atoms with Crippen molar-refractivity contribution in [3.05, 3.63) is 15.8 Å². The van der Waals surface area contributed by atoms with E-state index >= 15 is 0 Å². The molecule has 0 saturated carbocycles. The number of sulfonamides is 1. The van der Waals surface area contributed by atoms with Crippen LogP contribution in [0.2, 0.25) is 0 Å². The van der Waals surface area contributed by atoms with E-state index in [0.717, 1.165) is 11.3 Å². The van der Waals surface area contributed by atoms with Gasteiger partial charge in [0.25, 0.3) is 0 Å². The van der Waals surface area contributed by atoms with Crippen molar-refractivity contribution < 1.29 is 22.7 Å². The summed E-state index contributed by atoms with van der Waals surface area (Å²) in [6.07, 6.45) is 0. The Morgan fingerprint density at radius 3 is 2.67 bits per heavy atom. The first-order valence-electron chi connectivity index (χ1n) is 6.53. The Morgan fingerprint density at radius 1 is 1.43 bits per heavy atom. The lowest BCUT2D eigenvalue weighted by Crippen LogP contribution is -2.29. The van der Waals surface area contributed by atoms with Crippen molar-refractivity contribution in [1.29, 1.82) is 0 Å². The molecule has 0 saturated heterocycles. The molecule has 0 aliphatic rings. The Bertz CT molecular complexity index is 577. The van der Waals surface area contributed by atoms with Crippen LogP contribution in [0.1, 0.15) is 29.1 Å². The average Bonchev–Trinajstić information content (AvgIpc) is 2.79. The molecule has 0 atom stereocenters. The first kappa shape index (κ1) is 18.1. The van der Waals surface area contributed by atoms with Gasteiger partial charge in [0.1, 0.15) is 9.77 Å². The van der Waals surface area contributed by atoms with E-state index in [1.165, 1.54) is 7.11 Å². The minimum absolute atomic E-state index is 0.0109. The largest absolute Gasteiger partial charge is 0.465 e. The standard InChI is InChI=1S/C13H21NO5S2/c1-9(2)7-19-6-5-14-21(16,17)12-10(3)8-20-11(12)13(15)18-4/h8-9,14H,5-7H2,1-4H3. The molecule has 0 fully saturated rings. The molecule has 0 spiro atoms. The molecule has 120 valence electrons. The summed E-state index contributed by atoms with van der Waals surface area (Å²) in [6.45, 7) is 6.70. The Balaban J connectivity index is 2.75. The number of carbonyl (C=O) groups is 1. The molecule has 21 heavy (non-hydrogen) atoms. The van der Waals surface area contributed by atoms with Gasteiger partial charge in [0.15, 0.2) is 0 Å². The van der Waals surface area contributed by atoms with Crippen molar-refractivity contribution in [2.45, 2.75) is 25.7 Å². The van der Waals surface area contributed by atoms with E-state index in [-0.39, 0.29) is 22.9 Å². The number of rotatable bonds is 8. The zero-order valence-corrected chi connectivity index (χ0v) is 14.3. The van der Waals surface area contributed by atoms with Gasteiger partial charge in [0, 0.05) is 13.2 Å². The molecule has 0 amide bonds. The molecule has 0 unspecified atom stereocenters. The maximum atomic E-state index is 12.3. The summed E-state index contributed by atoms with van der Waals surface area (Å²) in [5, 5.41) is 1.62. The third-order valence-corrected chi connectivity index (χ3v) is 5.40. The highest BCUT2D eigenvalue weighted by Gasteiger charge is 2.27. The number of nitrogens with one attached hydrogen (secondary N) is 1. The second kappa shape index (κ2) is 7.88. The Labute approximate surface area is 129 Å². The molecule has 1 rings (SSSR count). The van der Waals surface area contributed by atoms with Crippen LogP contribution >= 0.6 is 11.3 Å². The number of aryl methyl sites for hydroxylation is 1. The molecule has 0 aromatic carbocycles. The maximum absolute atomic E-state index is 12.3. The van der Waals surface area contributed by atoms with Gasteiger partial charge in [-0.2, -0.15) is 0 Å².